The molecule has 3 aromatic heterocycles. The minimum Gasteiger partial charge on any atom is -0.492 e. The van der Waals surface area contributed by atoms with Crippen molar-refractivity contribution < 1.29 is 4.74 Å². The molecule has 3 heterocycles. The second-order valence-electron chi connectivity index (χ2n) is 8.22. The van der Waals surface area contributed by atoms with Crippen LogP contribution in [0.2, 0.25) is 0 Å². The van der Waals surface area contributed by atoms with E-state index in [-0.39, 0.29) is 22.9 Å². The third kappa shape index (κ3) is 5.44. The first-order valence-corrected chi connectivity index (χ1v) is 12.1. The number of ether oxygens (including phenoxy) is 1. The Kier molecular flexibility index (Phi) is 7.94. The van der Waals surface area contributed by atoms with Gasteiger partial charge in [0, 0.05) is 23.1 Å². The summed E-state index contributed by atoms with van der Waals surface area (Å²) >= 11 is 0. The summed E-state index contributed by atoms with van der Waals surface area (Å²) in [4.78, 5) is 25.1. The highest BCUT2D eigenvalue weighted by atomic mass is 16.5. The molecule has 0 aliphatic rings. The first-order chi connectivity index (χ1) is 18.5. The Bertz CT molecular complexity index is 1680. The summed E-state index contributed by atoms with van der Waals surface area (Å²) in [6, 6.07) is 21.6. The molecular weight excluding hydrogens is 478 g/mol. The lowest BCUT2D eigenvalue weighted by atomic mass is 9.99. The zero-order valence-corrected chi connectivity index (χ0v) is 21.1. The molecule has 0 spiro atoms. The van der Waals surface area contributed by atoms with Crippen molar-refractivity contribution in [2.75, 3.05) is 18.1 Å². The second kappa shape index (κ2) is 11.7. The van der Waals surface area contributed by atoms with E-state index in [0.717, 1.165) is 34.3 Å². The molecule has 0 amide bonds. The number of anilines is 2. The summed E-state index contributed by atoms with van der Waals surface area (Å²) in [5.41, 5.74) is 14.3. The Labute approximate surface area is 220 Å². The highest BCUT2D eigenvalue weighted by molar-refractivity contribution is 5.96. The SMILES string of the molecule is CCOc1cncc(-c2cccc3cc(CC)n(-c4ccccc4)c(=O)c23)c1.N#Cc1cnc(N)nc1N. The van der Waals surface area contributed by atoms with Gasteiger partial charge in [-0.3, -0.25) is 14.3 Å². The van der Waals surface area contributed by atoms with Gasteiger partial charge in [0.05, 0.1) is 24.4 Å². The smallest absolute Gasteiger partial charge is 0.263 e. The van der Waals surface area contributed by atoms with Crippen LogP contribution < -0.4 is 21.8 Å². The Morgan fingerprint density at radius 3 is 2.47 bits per heavy atom. The molecule has 0 saturated carbocycles. The molecule has 0 saturated heterocycles. The first-order valence-electron chi connectivity index (χ1n) is 12.1. The molecule has 4 N–H and O–H groups in total. The van der Waals surface area contributed by atoms with Crippen LogP contribution in [0.4, 0.5) is 11.8 Å². The standard InChI is InChI=1S/C24H22N2O2.C5H5N5/c1-3-19-13-17-9-8-12-22(18-14-21(28-4-2)16-25-15-18)23(17)24(27)26(19)20-10-6-5-7-11-20;6-1-3-2-9-5(8)10-4(3)7/h5-16H,3-4H2,1-2H3;2H,(H4,7,8,9,10). The fourth-order valence-corrected chi connectivity index (χ4v) is 4.08. The van der Waals surface area contributed by atoms with Crippen LogP contribution in [0.1, 0.15) is 25.1 Å². The maximum Gasteiger partial charge on any atom is 0.263 e. The summed E-state index contributed by atoms with van der Waals surface area (Å²) in [5.74, 6) is 0.900. The van der Waals surface area contributed by atoms with Gasteiger partial charge in [-0.15, -0.1) is 0 Å². The minimum atomic E-state index is -0.0158. The van der Waals surface area contributed by atoms with Gasteiger partial charge in [-0.25, -0.2) is 4.98 Å². The van der Waals surface area contributed by atoms with Crippen LogP contribution in [0.3, 0.4) is 0 Å². The van der Waals surface area contributed by atoms with Crippen molar-refractivity contribution in [3.8, 4) is 28.6 Å². The number of aryl methyl sites for hydroxylation is 1. The van der Waals surface area contributed by atoms with Crippen molar-refractivity contribution in [1.82, 2.24) is 19.5 Å². The zero-order valence-electron chi connectivity index (χ0n) is 21.1. The second-order valence-corrected chi connectivity index (χ2v) is 8.22. The summed E-state index contributed by atoms with van der Waals surface area (Å²) in [7, 11) is 0. The molecule has 5 rings (SSSR count). The van der Waals surface area contributed by atoms with Gasteiger partial charge in [0.2, 0.25) is 5.95 Å². The molecule has 190 valence electrons. The predicted molar refractivity (Wildman–Crippen MR) is 149 cm³/mol. The number of rotatable bonds is 5. The van der Waals surface area contributed by atoms with Crippen molar-refractivity contribution in [1.29, 1.82) is 5.26 Å². The molecule has 38 heavy (non-hydrogen) atoms. The van der Waals surface area contributed by atoms with Crippen LogP contribution in [0.15, 0.2) is 84.0 Å². The molecular formula is C29H27N7O2. The predicted octanol–water partition coefficient (Wildman–Crippen LogP) is 4.53. The molecule has 9 nitrogen and oxygen atoms in total. The number of pyridine rings is 2. The van der Waals surface area contributed by atoms with Crippen molar-refractivity contribution in [3.63, 3.8) is 0 Å². The number of nitrogens with two attached hydrogens (primary N) is 2. The van der Waals surface area contributed by atoms with E-state index in [1.807, 2.05) is 72.2 Å². The lowest BCUT2D eigenvalue weighted by Gasteiger charge is -2.15. The van der Waals surface area contributed by atoms with Gasteiger partial charge < -0.3 is 16.2 Å². The van der Waals surface area contributed by atoms with Crippen molar-refractivity contribution >= 4 is 22.5 Å². The molecule has 0 bridgehead atoms. The Balaban J connectivity index is 0.000000283. The lowest BCUT2D eigenvalue weighted by Crippen LogP contribution is -2.22. The molecule has 5 aromatic rings. The monoisotopic (exact) mass is 505 g/mol. The maximum atomic E-state index is 13.6. The number of nitrogen functional groups attached to an aromatic ring is 2. The van der Waals surface area contributed by atoms with Crippen LogP contribution in [0.5, 0.6) is 5.75 Å². The van der Waals surface area contributed by atoms with Crippen molar-refractivity contribution in [3.05, 3.63) is 101 Å². The highest BCUT2D eigenvalue weighted by Crippen LogP contribution is 2.29. The van der Waals surface area contributed by atoms with Gasteiger partial charge in [0.1, 0.15) is 23.2 Å². The summed E-state index contributed by atoms with van der Waals surface area (Å²) in [6.07, 6.45) is 5.52. The quantitative estimate of drug-likeness (QED) is 0.354. The molecule has 2 aromatic carbocycles. The lowest BCUT2D eigenvalue weighted by molar-refractivity contribution is 0.339. The molecule has 0 aliphatic carbocycles. The van der Waals surface area contributed by atoms with Gasteiger partial charge in [-0.1, -0.05) is 43.3 Å². The number of hydrogen-bond acceptors (Lipinski definition) is 8. The number of nitriles is 1. The van der Waals surface area contributed by atoms with Gasteiger partial charge in [-0.05, 0) is 48.6 Å². The van der Waals surface area contributed by atoms with Crippen LogP contribution in [-0.4, -0.2) is 26.1 Å². The third-order valence-electron chi connectivity index (χ3n) is 5.79. The van der Waals surface area contributed by atoms with Crippen molar-refractivity contribution in [2.45, 2.75) is 20.3 Å². The van der Waals surface area contributed by atoms with Crippen LogP contribution in [0, 0.1) is 11.3 Å². The summed E-state index contributed by atoms with van der Waals surface area (Å²) in [6.45, 7) is 4.58. The van der Waals surface area contributed by atoms with Crippen LogP contribution >= 0.6 is 0 Å². The van der Waals surface area contributed by atoms with Crippen LogP contribution in [0.25, 0.3) is 27.6 Å². The average molecular weight is 506 g/mol. The molecule has 0 fully saturated rings. The molecule has 0 atom stereocenters. The van der Waals surface area contributed by atoms with E-state index in [0.29, 0.717) is 17.7 Å². The van der Waals surface area contributed by atoms with E-state index in [9.17, 15) is 4.79 Å². The topological polar surface area (TPSA) is 146 Å². The molecule has 9 heteroatoms. The maximum absolute atomic E-state index is 13.6. The number of hydrogen-bond donors (Lipinski definition) is 2. The van der Waals surface area contributed by atoms with Crippen molar-refractivity contribution in [2.24, 2.45) is 0 Å². The van der Waals surface area contributed by atoms with Gasteiger partial charge >= 0.3 is 0 Å². The van der Waals surface area contributed by atoms with Crippen LogP contribution in [-0.2, 0) is 6.42 Å². The van der Waals surface area contributed by atoms with E-state index < -0.39 is 0 Å². The summed E-state index contributed by atoms with van der Waals surface area (Å²) in [5, 5.41) is 9.99. The normalized spacial score (nSPS) is 10.3. The van der Waals surface area contributed by atoms with Gasteiger partial charge in [0.15, 0.2) is 0 Å². The largest absolute Gasteiger partial charge is 0.492 e. The highest BCUT2D eigenvalue weighted by Gasteiger charge is 2.14. The van der Waals surface area contributed by atoms with E-state index in [4.69, 9.17) is 21.5 Å². The van der Waals surface area contributed by atoms with E-state index in [2.05, 4.69) is 27.9 Å². The Hall–Kier alpha value is -5.23. The molecule has 0 aliphatic heterocycles. The van der Waals surface area contributed by atoms with E-state index >= 15 is 0 Å². The zero-order chi connectivity index (χ0) is 27.1. The Morgan fingerprint density at radius 2 is 1.79 bits per heavy atom. The number of nitrogens with zero attached hydrogens (tertiary/aromatic N) is 5. The summed E-state index contributed by atoms with van der Waals surface area (Å²) < 4.78 is 7.41. The van der Waals surface area contributed by atoms with E-state index in [1.54, 1.807) is 12.4 Å². The average Bonchev–Trinajstić information content (AvgIpc) is 2.94. The Morgan fingerprint density at radius 1 is 1.00 bits per heavy atom. The van der Waals surface area contributed by atoms with E-state index in [1.165, 1.54) is 6.20 Å². The number of para-hydroxylation sites is 1. The third-order valence-corrected chi connectivity index (χ3v) is 5.79. The molecule has 0 radical (unpaired) electrons. The minimum absolute atomic E-state index is 0.0158. The van der Waals surface area contributed by atoms with Gasteiger partial charge in [0.25, 0.3) is 5.56 Å². The molecule has 0 unspecified atom stereocenters. The number of aromatic nitrogens is 4. The first kappa shape index (κ1) is 25.9. The number of fused-ring (bicyclic) bond motifs is 1. The fraction of sp³-hybridized carbons (Fsp3) is 0.138. The fourth-order valence-electron chi connectivity index (χ4n) is 4.08. The van der Waals surface area contributed by atoms with Gasteiger partial charge in [-0.2, -0.15) is 10.2 Å². The number of benzene rings is 2.